The maximum absolute atomic E-state index is 11.7. The van der Waals surface area contributed by atoms with E-state index < -0.39 is 0 Å². The molecule has 92 valence electrons. The van der Waals surface area contributed by atoms with E-state index in [1.807, 2.05) is 18.2 Å². The molecule has 3 rings (SSSR count). The lowest BCUT2D eigenvalue weighted by Gasteiger charge is -1.97. The number of ketones is 1. The number of fused-ring (bicyclic) bond motifs is 1. The zero-order chi connectivity index (χ0) is 13.1. The number of aromatic nitrogens is 2. The second kappa shape index (κ2) is 4.86. The van der Waals surface area contributed by atoms with E-state index in [2.05, 4.69) is 9.97 Å². The van der Waals surface area contributed by atoms with Crippen LogP contribution >= 0.6 is 0 Å². The van der Waals surface area contributed by atoms with Gasteiger partial charge in [0.2, 0.25) is 5.78 Å². The molecule has 19 heavy (non-hydrogen) atoms. The van der Waals surface area contributed by atoms with E-state index in [-0.39, 0.29) is 5.78 Å². The van der Waals surface area contributed by atoms with Gasteiger partial charge < -0.3 is 4.42 Å². The largest absolute Gasteiger partial charge is 0.461 e. The first kappa shape index (κ1) is 11.3. The summed E-state index contributed by atoms with van der Waals surface area (Å²) in [5, 5.41) is 0. The molecule has 1 aromatic carbocycles. The highest BCUT2D eigenvalue weighted by atomic mass is 16.3. The van der Waals surface area contributed by atoms with E-state index >= 15 is 0 Å². The van der Waals surface area contributed by atoms with Crippen LogP contribution in [-0.4, -0.2) is 15.8 Å². The first-order valence-corrected chi connectivity index (χ1v) is 5.79. The van der Waals surface area contributed by atoms with Crippen LogP contribution in [0.4, 0.5) is 0 Å². The number of carbonyl (C=O) groups excluding carboxylic acids is 1. The quantitative estimate of drug-likeness (QED) is 0.529. The molecule has 0 radical (unpaired) electrons. The minimum atomic E-state index is -0.163. The van der Waals surface area contributed by atoms with E-state index in [4.69, 9.17) is 4.42 Å². The number of nitrogens with zero attached hydrogens (tertiary/aromatic N) is 2. The first-order valence-electron chi connectivity index (χ1n) is 5.79. The molecule has 0 amide bonds. The van der Waals surface area contributed by atoms with Crippen molar-refractivity contribution in [3.05, 3.63) is 66.4 Å². The van der Waals surface area contributed by atoms with Crippen LogP contribution < -0.4 is 0 Å². The fourth-order valence-electron chi connectivity index (χ4n) is 1.76. The minimum Gasteiger partial charge on any atom is -0.461 e. The predicted molar refractivity (Wildman–Crippen MR) is 71.6 cm³/mol. The second-order valence-electron chi connectivity index (χ2n) is 3.98. The van der Waals surface area contributed by atoms with Crippen molar-refractivity contribution >= 4 is 22.9 Å². The van der Waals surface area contributed by atoms with E-state index in [1.54, 1.807) is 30.6 Å². The van der Waals surface area contributed by atoms with Gasteiger partial charge in [-0.25, -0.2) is 0 Å². The van der Waals surface area contributed by atoms with Crippen molar-refractivity contribution in [2.45, 2.75) is 0 Å². The summed E-state index contributed by atoms with van der Waals surface area (Å²) in [6.45, 7) is 0. The fraction of sp³-hybridized carbons (Fsp3) is 0. The van der Waals surface area contributed by atoms with Gasteiger partial charge in [0.1, 0.15) is 0 Å². The number of carbonyl (C=O) groups is 1. The van der Waals surface area contributed by atoms with Gasteiger partial charge >= 0.3 is 0 Å². The Morgan fingerprint density at radius 3 is 2.74 bits per heavy atom. The van der Waals surface area contributed by atoms with Crippen LogP contribution in [0.25, 0.3) is 17.1 Å². The molecule has 4 nitrogen and oxygen atoms in total. The Labute approximate surface area is 109 Å². The van der Waals surface area contributed by atoms with Crippen molar-refractivity contribution in [3.8, 4) is 0 Å². The Bertz CT molecular complexity index is 746. The summed E-state index contributed by atoms with van der Waals surface area (Å²) < 4.78 is 5.03. The van der Waals surface area contributed by atoms with Crippen molar-refractivity contribution < 1.29 is 9.21 Å². The molecule has 0 saturated heterocycles. The molecule has 3 aromatic rings. The summed E-state index contributed by atoms with van der Waals surface area (Å²) in [4.78, 5) is 20.1. The molecule has 0 spiro atoms. The Morgan fingerprint density at radius 1 is 1.11 bits per heavy atom. The van der Waals surface area contributed by atoms with Gasteiger partial charge in [0.25, 0.3) is 0 Å². The summed E-state index contributed by atoms with van der Waals surface area (Å²) in [5.74, 6) is 0.168. The molecule has 0 aliphatic rings. The lowest BCUT2D eigenvalue weighted by atomic mass is 10.1. The SMILES string of the molecule is O=C(C=Cc1ccc2nccnc2c1)c1ccco1. The average molecular weight is 250 g/mol. The zero-order valence-corrected chi connectivity index (χ0v) is 9.98. The summed E-state index contributed by atoms with van der Waals surface area (Å²) in [7, 11) is 0. The highest BCUT2D eigenvalue weighted by molar-refractivity contribution is 6.04. The molecule has 0 atom stereocenters. The standard InChI is InChI=1S/C15H10N2O2/c18-14(15-2-1-9-19-15)6-4-11-3-5-12-13(10-11)17-8-7-16-12/h1-10H. The molecular weight excluding hydrogens is 240 g/mol. The van der Waals surface area contributed by atoms with E-state index in [0.29, 0.717) is 5.76 Å². The van der Waals surface area contributed by atoms with Gasteiger partial charge in [-0.2, -0.15) is 0 Å². The van der Waals surface area contributed by atoms with E-state index in [0.717, 1.165) is 16.6 Å². The highest BCUT2D eigenvalue weighted by Crippen LogP contribution is 2.12. The van der Waals surface area contributed by atoms with E-state index in [1.165, 1.54) is 12.3 Å². The summed E-state index contributed by atoms with van der Waals surface area (Å²) in [6.07, 6.45) is 7.99. The van der Waals surface area contributed by atoms with Gasteiger partial charge in [0.15, 0.2) is 5.76 Å². The van der Waals surface area contributed by atoms with Crippen LogP contribution in [0, 0.1) is 0 Å². The number of allylic oxidation sites excluding steroid dienone is 1. The first-order chi connectivity index (χ1) is 9.33. The van der Waals surface area contributed by atoms with Crippen molar-refractivity contribution in [1.82, 2.24) is 9.97 Å². The molecule has 0 fully saturated rings. The molecule has 0 saturated carbocycles. The van der Waals surface area contributed by atoms with Crippen LogP contribution in [0.15, 0.2) is 59.5 Å². The molecule has 0 N–H and O–H groups in total. The van der Waals surface area contributed by atoms with Crippen LogP contribution in [0.2, 0.25) is 0 Å². The molecule has 0 bridgehead atoms. The third-order valence-electron chi connectivity index (χ3n) is 2.68. The minimum absolute atomic E-state index is 0.163. The fourth-order valence-corrected chi connectivity index (χ4v) is 1.76. The number of hydrogen-bond donors (Lipinski definition) is 0. The van der Waals surface area contributed by atoms with Crippen molar-refractivity contribution in [1.29, 1.82) is 0 Å². The third-order valence-corrected chi connectivity index (χ3v) is 2.68. The normalized spacial score (nSPS) is 11.2. The van der Waals surface area contributed by atoms with Gasteiger partial charge in [-0.05, 0) is 35.9 Å². The average Bonchev–Trinajstić information content (AvgIpc) is 2.99. The Kier molecular flexibility index (Phi) is 2.90. The molecule has 0 aliphatic heterocycles. The zero-order valence-electron chi connectivity index (χ0n) is 9.98. The number of furan rings is 1. The van der Waals surface area contributed by atoms with Gasteiger partial charge in [0, 0.05) is 12.4 Å². The molecule has 2 heterocycles. The Hall–Kier alpha value is -2.75. The van der Waals surface area contributed by atoms with Gasteiger partial charge in [-0.3, -0.25) is 14.8 Å². The van der Waals surface area contributed by atoms with E-state index in [9.17, 15) is 4.79 Å². The Balaban J connectivity index is 1.87. The predicted octanol–water partition coefficient (Wildman–Crippen LogP) is 3.12. The van der Waals surface area contributed by atoms with Crippen molar-refractivity contribution in [3.63, 3.8) is 0 Å². The van der Waals surface area contributed by atoms with Crippen molar-refractivity contribution in [2.24, 2.45) is 0 Å². The van der Waals surface area contributed by atoms with Gasteiger partial charge in [-0.1, -0.05) is 12.1 Å². The number of rotatable bonds is 3. The number of hydrogen-bond acceptors (Lipinski definition) is 4. The maximum atomic E-state index is 11.7. The molecule has 0 unspecified atom stereocenters. The lowest BCUT2D eigenvalue weighted by molar-refractivity contribution is 0.102. The monoisotopic (exact) mass is 250 g/mol. The van der Waals surface area contributed by atoms with Crippen LogP contribution in [0.3, 0.4) is 0 Å². The summed E-state index contributed by atoms with van der Waals surface area (Å²) >= 11 is 0. The van der Waals surface area contributed by atoms with Gasteiger partial charge in [-0.15, -0.1) is 0 Å². The summed E-state index contributed by atoms with van der Waals surface area (Å²) in [5.41, 5.74) is 2.53. The molecule has 2 aromatic heterocycles. The summed E-state index contributed by atoms with van der Waals surface area (Å²) in [6, 6.07) is 8.97. The lowest BCUT2D eigenvalue weighted by Crippen LogP contribution is -1.90. The van der Waals surface area contributed by atoms with Crippen LogP contribution in [0.1, 0.15) is 16.1 Å². The van der Waals surface area contributed by atoms with Crippen LogP contribution in [-0.2, 0) is 0 Å². The smallest absolute Gasteiger partial charge is 0.221 e. The Morgan fingerprint density at radius 2 is 1.95 bits per heavy atom. The topological polar surface area (TPSA) is 56.0 Å². The molecule has 4 heteroatoms. The highest BCUT2D eigenvalue weighted by Gasteiger charge is 2.03. The van der Waals surface area contributed by atoms with Gasteiger partial charge in [0.05, 0.1) is 17.3 Å². The maximum Gasteiger partial charge on any atom is 0.221 e. The number of benzene rings is 1. The third kappa shape index (κ3) is 2.42. The van der Waals surface area contributed by atoms with Crippen LogP contribution in [0.5, 0.6) is 0 Å². The second-order valence-corrected chi connectivity index (χ2v) is 3.98. The molecular formula is C15H10N2O2. The molecule has 0 aliphatic carbocycles. The van der Waals surface area contributed by atoms with Crippen molar-refractivity contribution in [2.75, 3.05) is 0 Å².